The number of hydrogen-bond donors (Lipinski definition) is 1. The summed E-state index contributed by atoms with van der Waals surface area (Å²) in [6.45, 7) is 0.939. The van der Waals surface area contributed by atoms with E-state index in [2.05, 4.69) is 11.0 Å². The Morgan fingerprint density at radius 2 is 2.27 bits per heavy atom. The van der Waals surface area contributed by atoms with Crippen LogP contribution in [-0.4, -0.2) is 29.6 Å². The van der Waals surface area contributed by atoms with Crippen molar-refractivity contribution in [1.29, 1.82) is 0 Å². The monoisotopic (exact) mass is 205 g/mol. The molecule has 3 nitrogen and oxygen atoms in total. The standard InChI is InChI=1S/C12H15NO2/c1-13-7-6-9-4-2-3-5-10(9)11(13)8-12(14)15/h2-5,11H,6-8H2,1H3,(H,14,15). The second-order valence-corrected chi connectivity index (χ2v) is 4.04. The molecule has 0 saturated heterocycles. The minimum Gasteiger partial charge on any atom is -0.481 e. The van der Waals surface area contributed by atoms with Gasteiger partial charge in [-0.1, -0.05) is 24.3 Å². The fourth-order valence-electron chi connectivity index (χ4n) is 2.21. The summed E-state index contributed by atoms with van der Waals surface area (Å²) in [5.41, 5.74) is 2.47. The Morgan fingerprint density at radius 1 is 1.53 bits per heavy atom. The van der Waals surface area contributed by atoms with Gasteiger partial charge in [0.15, 0.2) is 0 Å². The number of carbonyl (C=O) groups is 1. The SMILES string of the molecule is CN1CCc2ccccc2C1CC(=O)O. The summed E-state index contributed by atoms with van der Waals surface area (Å²) in [5.74, 6) is -0.733. The van der Waals surface area contributed by atoms with Crippen LogP contribution < -0.4 is 0 Å². The summed E-state index contributed by atoms with van der Waals surface area (Å²) < 4.78 is 0. The largest absolute Gasteiger partial charge is 0.481 e. The van der Waals surface area contributed by atoms with Gasteiger partial charge in [-0.05, 0) is 24.6 Å². The van der Waals surface area contributed by atoms with Crippen molar-refractivity contribution in [3.05, 3.63) is 35.4 Å². The predicted molar refractivity (Wildman–Crippen MR) is 57.8 cm³/mol. The smallest absolute Gasteiger partial charge is 0.305 e. The van der Waals surface area contributed by atoms with Gasteiger partial charge >= 0.3 is 5.97 Å². The summed E-state index contributed by atoms with van der Waals surface area (Å²) in [5, 5.41) is 8.88. The molecule has 1 aliphatic heterocycles. The Balaban J connectivity index is 2.32. The fraction of sp³-hybridized carbons (Fsp3) is 0.417. The van der Waals surface area contributed by atoms with Crippen LogP contribution in [0.3, 0.4) is 0 Å². The molecular weight excluding hydrogens is 190 g/mol. The zero-order valence-electron chi connectivity index (χ0n) is 8.81. The first-order valence-corrected chi connectivity index (χ1v) is 5.18. The molecule has 1 unspecified atom stereocenters. The molecule has 1 aliphatic rings. The van der Waals surface area contributed by atoms with Crippen molar-refractivity contribution in [2.24, 2.45) is 0 Å². The van der Waals surface area contributed by atoms with Crippen molar-refractivity contribution in [3.8, 4) is 0 Å². The highest BCUT2D eigenvalue weighted by Crippen LogP contribution is 2.30. The van der Waals surface area contributed by atoms with Crippen LogP contribution >= 0.6 is 0 Å². The lowest BCUT2D eigenvalue weighted by molar-refractivity contribution is -0.138. The maximum absolute atomic E-state index is 10.8. The summed E-state index contributed by atoms with van der Waals surface area (Å²) in [4.78, 5) is 12.9. The number of likely N-dealkylation sites (N-methyl/N-ethyl adjacent to an activating group) is 1. The van der Waals surface area contributed by atoms with E-state index < -0.39 is 5.97 Å². The van der Waals surface area contributed by atoms with Crippen LogP contribution in [0.25, 0.3) is 0 Å². The van der Waals surface area contributed by atoms with Crippen LogP contribution in [0.4, 0.5) is 0 Å². The molecule has 0 radical (unpaired) electrons. The van der Waals surface area contributed by atoms with Gasteiger partial charge in [0.05, 0.1) is 6.42 Å². The van der Waals surface area contributed by atoms with Gasteiger partial charge in [0.25, 0.3) is 0 Å². The maximum atomic E-state index is 10.8. The van der Waals surface area contributed by atoms with Gasteiger partial charge < -0.3 is 5.11 Å². The molecule has 15 heavy (non-hydrogen) atoms. The summed E-state index contributed by atoms with van der Waals surface area (Å²) in [6.07, 6.45) is 1.20. The van der Waals surface area contributed by atoms with E-state index in [0.29, 0.717) is 0 Å². The maximum Gasteiger partial charge on any atom is 0.305 e. The zero-order chi connectivity index (χ0) is 10.8. The molecule has 1 heterocycles. The number of carboxylic acid groups (broad SMARTS) is 1. The summed E-state index contributed by atoms with van der Waals surface area (Å²) in [7, 11) is 1.99. The summed E-state index contributed by atoms with van der Waals surface area (Å²) in [6, 6.07) is 8.16. The van der Waals surface area contributed by atoms with E-state index in [0.717, 1.165) is 13.0 Å². The lowest BCUT2D eigenvalue weighted by Gasteiger charge is -2.33. The van der Waals surface area contributed by atoms with Crippen molar-refractivity contribution in [1.82, 2.24) is 4.90 Å². The van der Waals surface area contributed by atoms with E-state index in [9.17, 15) is 4.79 Å². The Labute approximate surface area is 89.3 Å². The molecule has 0 spiro atoms. The third-order valence-corrected chi connectivity index (χ3v) is 3.05. The van der Waals surface area contributed by atoms with Gasteiger partial charge in [-0.15, -0.1) is 0 Å². The van der Waals surface area contributed by atoms with Gasteiger partial charge in [-0.25, -0.2) is 0 Å². The number of nitrogens with zero attached hydrogens (tertiary/aromatic N) is 1. The zero-order valence-corrected chi connectivity index (χ0v) is 8.81. The molecule has 1 aromatic carbocycles. The second-order valence-electron chi connectivity index (χ2n) is 4.04. The molecular formula is C12H15NO2. The van der Waals surface area contributed by atoms with Gasteiger partial charge in [0, 0.05) is 12.6 Å². The first-order chi connectivity index (χ1) is 7.18. The number of carboxylic acids is 1. The van der Waals surface area contributed by atoms with Crippen LogP contribution in [0.15, 0.2) is 24.3 Å². The molecule has 0 fully saturated rings. The van der Waals surface area contributed by atoms with Crippen LogP contribution in [-0.2, 0) is 11.2 Å². The molecule has 80 valence electrons. The lowest BCUT2D eigenvalue weighted by Crippen LogP contribution is -2.33. The fourth-order valence-corrected chi connectivity index (χ4v) is 2.21. The van der Waals surface area contributed by atoms with Crippen molar-refractivity contribution >= 4 is 5.97 Å². The molecule has 1 aromatic rings. The molecule has 0 saturated carbocycles. The molecule has 0 amide bonds. The van der Waals surface area contributed by atoms with Crippen molar-refractivity contribution in [3.63, 3.8) is 0 Å². The van der Waals surface area contributed by atoms with E-state index in [4.69, 9.17) is 5.11 Å². The number of hydrogen-bond acceptors (Lipinski definition) is 2. The Morgan fingerprint density at radius 3 is 3.00 bits per heavy atom. The van der Waals surface area contributed by atoms with Gasteiger partial charge in [0.2, 0.25) is 0 Å². The first kappa shape index (κ1) is 10.2. The second kappa shape index (κ2) is 4.03. The van der Waals surface area contributed by atoms with E-state index in [1.54, 1.807) is 0 Å². The van der Waals surface area contributed by atoms with Gasteiger partial charge in [-0.3, -0.25) is 9.69 Å². The number of rotatable bonds is 2. The third-order valence-electron chi connectivity index (χ3n) is 3.05. The number of benzene rings is 1. The van der Waals surface area contributed by atoms with E-state index in [1.807, 2.05) is 25.2 Å². The van der Waals surface area contributed by atoms with Crippen molar-refractivity contribution in [2.75, 3.05) is 13.6 Å². The molecule has 0 aliphatic carbocycles. The highest BCUT2D eigenvalue weighted by Gasteiger charge is 2.25. The van der Waals surface area contributed by atoms with Crippen LogP contribution in [0.2, 0.25) is 0 Å². The molecule has 1 N–H and O–H groups in total. The summed E-state index contributed by atoms with van der Waals surface area (Å²) >= 11 is 0. The molecule has 3 heteroatoms. The number of aliphatic carboxylic acids is 1. The van der Waals surface area contributed by atoms with Crippen LogP contribution in [0, 0.1) is 0 Å². The molecule has 2 rings (SSSR count). The van der Waals surface area contributed by atoms with Crippen molar-refractivity contribution in [2.45, 2.75) is 18.9 Å². The molecule has 0 aromatic heterocycles. The molecule has 1 atom stereocenters. The van der Waals surface area contributed by atoms with Crippen LogP contribution in [0.5, 0.6) is 0 Å². The molecule has 0 bridgehead atoms. The predicted octanol–water partition coefficient (Wildman–Crippen LogP) is 1.69. The van der Waals surface area contributed by atoms with Gasteiger partial charge in [0.1, 0.15) is 0 Å². The normalized spacial score (nSPS) is 21.0. The lowest BCUT2D eigenvalue weighted by atomic mass is 9.91. The quantitative estimate of drug-likeness (QED) is 0.798. The number of fused-ring (bicyclic) bond motifs is 1. The Hall–Kier alpha value is -1.35. The highest BCUT2D eigenvalue weighted by atomic mass is 16.4. The third kappa shape index (κ3) is 2.02. The minimum atomic E-state index is -0.733. The average Bonchev–Trinajstić information content (AvgIpc) is 2.22. The Bertz CT molecular complexity index is 376. The van der Waals surface area contributed by atoms with Gasteiger partial charge in [-0.2, -0.15) is 0 Å². The van der Waals surface area contributed by atoms with E-state index in [1.165, 1.54) is 11.1 Å². The van der Waals surface area contributed by atoms with Crippen molar-refractivity contribution < 1.29 is 9.90 Å². The first-order valence-electron chi connectivity index (χ1n) is 5.18. The highest BCUT2D eigenvalue weighted by molar-refractivity contribution is 5.68. The minimum absolute atomic E-state index is 0.0347. The van der Waals surface area contributed by atoms with E-state index in [-0.39, 0.29) is 12.5 Å². The Kier molecular flexibility index (Phi) is 2.73. The van der Waals surface area contributed by atoms with Crippen LogP contribution in [0.1, 0.15) is 23.6 Å². The topological polar surface area (TPSA) is 40.5 Å². The average molecular weight is 205 g/mol. The van der Waals surface area contributed by atoms with E-state index >= 15 is 0 Å².